The van der Waals surface area contributed by atoms with Gasteiger partial charge in [-0.2, -0.15) is 0 Å². The van der Waals surface area contributed by atoms with Crippen molar-refractivity contribution in [3.8, 4) is 0 Å². The zero-order valence-electron chi connectivity index (χ0n) is 20.8. The van der Waals surface area contributed by atoms with Crippen molar-refractivity contribution in [2.45, 2.75) is 65.5 Å². The summed E-state index contributed by atoms with van der Waals surface area (Å²) in [4.78, 5) is 2.15. The predicted molar refractivity (Wildman–Crippen MR) is 130 cm³/mol. The SMILES string of the molecule is C=CC=[CH][Mn][C](n1ccc(CC(C)C)n1)(n1ccc(CC(C)C)n1)n1ccc(CC(C)C)n1. The van der Waals surface area contributed by atoms with Crippen molar-refractivity contribution in [1.29, 1.82) is 0 Å². The summed E-state index contributed by atoms with van der Waals surface area (Å²) < 4.78 is 5.38. The Morgan fingerprint density at radius 3 is 1.42 bits per heavy atom. The summed E-state index contributed by atoms with van der Waals surface area (Å²) in [5.41, 5.74) is 3.24. The van der Waals surface area contributed by atoms with E-state index in [4.69, 9.17) is 15.3 Å². The summed E-state index contributed by atoms with van der Waals surface area (Å²) in [6.45, 7) is 17.2. The molecule has 0 saturated carbocycles. The third kappa shape index (κ3) is 6.15. The molecule has 0 atom stereocenters. The molecular weight excluding hydrogens is 451 g/mol. The molecular formula is C26H38MnN6. The molecule has 3 aromatic rings. The van der Waals surface area contributed by atoms with Gasteiger partial charge in [0.2, 0.25) is 0 Å². The molecule has 0 N–H and O–H groups in total. The Balaban J connectivity index is 2.19. The molecule has 0 aliphatic carbocycles. The van der Waals surface area contributed by atoms with Crippen molar-refractivity contribution >= 4 is 0 Å². The number of nitrogens with zero attached hydrogens (tertiary/aromatic N) is 6. The van der Waals surface area contributed by atoms with Crippen LogP contribution in [0.4, 0.5) is 0 Å². The Kier molecular flexibility index (Phi) is 8.55. The quantitative estimate of drug-likeness (QED) is 0.256. The average Bonchev–Trinajstić information content (AvgIpc) is 3.47. The van der Waals surface area contributed by atoms with Crippen LogP contribution < -0.4 is 0 Å². The van der Waals surface area contributed by atoms with Crippen LogP contribution in [0.1, 0.15) is 58.6 Å². The maximum absolute atomic E-state index is 5.04. The Morgan fingerprint density at radius 1 is 0.758 bits per heavy atom. The molecule has 0 aliphatic heterocycles. The Hall–Kier alpha value is -2.37. The standard InChI is InChI=1S/C22H33N6.C4H5.Mn/c1-16(2)13-19-7-10-26(23-19)22(27-11-8-20(24-27)14-17(3)4)28-12-9-21(25-28)15-18(5)6;1-3-4-2;/h7-12,16-18H,13-15H2,1-6H3;1,3-4H,2H2;. The second-order valence-electron chi connectivity index (χ2n) is 9.77. The van der Waals surface area contributed by atoms with Gasteiger partial charge in [0, 0.05) is 0 Å². The molecule has 3 rings (SSSR count). The van der Waals surface area contributed by atoms with Crippen molar-refractivity contribution in [2.24, 2.45) is 17.8 Å². The first-order valence-corrected chi connectivity index (χ1v) is 13.1. The first-order valence-electron chi connectivity index (χ1n) is 11.8. The number of rotatable bonds is 12. The summed E-state index contributed by atoms with van der Waals surface area (Å²) in [5.74, 6) is 1.61. The Bertz CT molecular complexity index is 935. The minimum absolute atomic E-state index is 0.270. The molecule has 0 fully saturated rings. The van der Waals surface area contributed by atoms with Gasteiger partial charge in [-0.1, -0.05) is 0 Å². The number of hydrogen-bond donors (Lipinski definition) is 0. The van der Waals surface area contributed by atoms with Crippen molar-refractivity contribution in [1.82, 2.24) is 29.3 Å². The van der Waals surface area contributed by atoms with Crippen molar-refractivity contribution < 1.29 is 15.0 Å². The van der Waals surface area contributed by atoms with Crippen LogP contribution in [0.15, 0.2) is 60.5 Å². The van der Waals surface area contributed by atoms with E-state index in [0.29, 0.717) is 17.8 Å². The van der Waals surface area contributed by atoms with E-state index in [0.717, 1.165) is 36.3 Å². The molecule has 0 spiro atoms. The molecule has 0 unspecified atom stereocenters. The van der Waals surface area contributed by atoms with Gasteiger partial charge in [-0.25, -0.2) is 0 Å². The number of hydrogen-bond acceptors (Lipinski definition) is 3. The van der Waals surface area contributed by atoms with Gasteiger partial charge in [0.25, 0.3) is 0 Å². The maximum atomic E-state index is 5.04. The molecule has 0 radical (unpaired) electrons. The third-order valence-electron chi connectivity index (χ3n) is 5.08. The van der Waals surface area contributed by atoms with Gasteiger partial charge >= 0.3 is 205 Å². The molecule has 179 valence electrons. The van der Waals surface area contributed by atoms with Gasteiger partial charge in [-0.15, -0.1) is 0 Å². The zero-order chi connectivity index (χ0) is 24.0. The van der Waals surface area contributed by atoms with E-state index in [-0.39, 0.29) is 15.0 Å². The van der Waals surface area contributed by atoms with Gasteiger partial charge in [0.05, 0.1) is 0 Å². The van der Waals surface area contributed by atoms with E-state index < -0.39 is 4.69 Å². The molecule has 0 saturated heterocycles. The van der Waals surface area contributed by atoms with Crippen LogP contribution in [0.25, 0.3) is 0 Å². The molecule has 3 aromatic heterocycles. The number of aromatic nitrogens is 6. The Labute approximate surface area is 204 Å². The fourth-order valence-electron chi connectivity index (χ4n) is 3.78. The molecule has 6 nitrogen and oxygen atoms in total. The summed E-state index contributed by atoms with van der Waals surface area (Å²) >= 11 is 0.270. The van der Waals surface area contributed by atoms with Crippen LogP contribution in [-0.2, 0) is 38.9 Å². The van der Waals surface area contributed by atoms with Crippen molar-refractivity contribution in [2.75, 3.05) is 0 Å². The molecule has 0 amide bonds. The third-order valence-corrected chi connectivity index (χ3v) is 6.77. The minimum atomic E-state index is -0.733. The van der Waals surface area contributed by atoms with Crippen LogP contribution in [-0.4, -0.2) is 29.3 Å². The normalized spacial score (nSPS) is 12.6. The second-order valence-corrected chi connectivity index (χ2v) is 11.3. The van der Waals surface area contributed by atoms with Crippen LogP contribution >= 0.6 is 0 Å². The summed E-state index contributed by atoms with van der Waals surface area (Å²) in [7, 11) is 0. The molecule has 7 heteroatoms. The fourth-order valence-corrected chi connectivity index (χ4v) is 5.23. The topological polar surface area (TPSA) is 53.5 Å². The fraction of sp³-hybridized carbons (Fsp3) is 0.500. The summed E-state index contributed by atoms with van der Waals surface area (Å²) in [5, 5.41) is 15.1. The van der Waals surface area contributed by atoms with E-state index in [9.17, 15) is 0 Å². The summed E-state index contributed by atoms with van der Waals surface area (Å²) in [6.07, 6.45) is 12.8. The van der Waals surface area contributed by atoms with Gasteiger partial charge < -0.3 is 0 Å². The van der Waals surface area contributed by atoms with E-state index in [1.54, 1.807) is 0 Å². The van der Waals surface area contributed by atoms with Crippen molar-refractivity contribution in [3.63, 3.8) is 0 Å². The van der Waals surface area contributed by atoms with Gasteiger partial charge in [-0.3, -0.25) is 0 Å². The van der Waals surface area contributed by atoms with Gasteiger partial charge in [-0.05, 0) is 0 Å². The molecule has 0 aromatic carbocycles. The van der Waals surface area contributed by atoms with Gasteiger partial charge in [0.1, 0.15) is 0 Å². The Morgan fingerprint density at radius 2 is 1.12 bits per heavy atom. The second kappa shape index (κ2) is 11.2. The zero-order valence-corrected chi connectivity index (χ0v) is 22.0. The number of allylic oxidation sites excluding steroid dienone is 2. The van der Waals surface area contributed by atoms with Crippen LogP contribution in [0.5, 0.6) is 0 Å². The first-order chi connectivity index (χ1) is 15.7. The van der Waals surface area contributed by atoms with Crippen molar-refractivity contribution in [3.05, 3.63) is 77.6 Å². The molecule has 3 heterocycles. The van der Waals surface area contributed by atoms with Crippen LogP contribution in [0.3, 0.4) is 0 Å². The monoisotopic (exact) mass is 489 g/mol. The van der Waals surface area contributed by atoms with Gasteiger partial charge in [0.15, 0.2) is 0 Å². The first kappa shape index (κ1) is 25.3. The van der Waals surface area contributed by atoms with Crippen LogP contribution in [0.2, 0.25) is 0 Å². The molecule has 0 aliphatic rings. The van der Waals surface area contributed by atoms with E-state index >= 15 is 0 Å². The molecule has 33 heavy (non-hydrogen) atoms. The predicted octanol–water partition coefficient (Wildman–Crippen LogP) is 5.32. The van der Waals surface area contributed by atoms with E-state index in [2.05, 4.69) is 89.9 Å². The van der Waals surface area contributed by atoms with Crippen LogP contribution in [0, 0.1) is 17.8 Å². The van der Waals surface area contributed by atoms with E-state index in [1.165, 1.54) is 0 Å². The van der Waals surface area contributed by atoms with E-state index in [1.807, 2.05) is 26.2 Å². The molecule has 0 bridgehead atoms. The average molecular weight is 490 g/mol. The summed E-state index contributed by atoms with van der Waals surface area (Å²) in [6, 6.07) is 6.36.